The summed E-state index contributed by atoms with van der Waals surface area (Å²) in [5, 5.41) is 17.6. The summed E-state index contributed by atoms with van der Waals surface area (Å²) in [7, 11) is 0. The van der Waals surface area contributed by atoms with Crippen molar-refractivity contribution in [2.24, 2.45) is 5.16 Å². The molecule has 0 aromatic carbocycles. The minimum absolute atomic E-state index is 1.57. The molecule has 0 aliphatic carbocycles. The Labute approximate surface area is 58.9 Å². The highest BCUT2D eigenvalue weighted by Gasteiger charge is 2.28. The van der Waals surface area contributed by atoms with Crippen LogP contribution >= 0.6 is 0 Å². The molecule has 5 nitrogen and oxygen atoms in total. The van der Waals surface area contributed by atoms with Gasteiger partial charge in [0.15, 0.2) is 0 Å². The van der Waals surface area contributed by atoms with E-state index in [1.165, 1.54) is 0 Å². The van der Waals surface area contributed by atoms with E-state index in [9.17, 15) is 18.4 Å². The first-order chi connectivity index (χ1) is 5.00. The fourth-order valence-electron chi connectivity index (χ4n) is 0.301. The normalized spacial score (nSPS) is 11.7. The Kier molecular flexibility index (Phi) is 3.09. The van der Waals surface area contributed by atoms with Gasteiger partial charge in [-0.25, -0.2) is 13.6 Å². The molecule has 7 heteroatoms. The molecule has 11 heavy (non-hydrogen) atoms. The average molecular weight is 167 g/mol. The number of hydrogen-bond donors (Lipinski definition) is 2. The van der Waals surface area contributed by atoms with E-state index >= 15 is 0 Å². The van der Waals surface area contributed by atoms with Gasteiger partial charge < -0.3 is 10.3 Å². The lowest BCUT2D eigenvalue weighted by Gasteiger charge is -1.94. The molecule has 0 aliphatic rings. The second kappa shape index (κ2) is 3.59. The van der Waals surface area contributed by atoms with Gasteiger partial charge in [0.2, 0.25) is 5.71 Å². The molecule has 62 valence electrons. The number of halogens is 2. The van der Waals surface area contributed by atoms with Crippen LogP contribution in [0.3, 0.4) is 0 Å². The Hall–Kier alpha value is -1.53. The van der Waals surface area contributed by atoms with Crippen LogP contribution < -0.4 is 0 Å². The summed E-state index contributed by atoms with van der Waals surface area (Å²) in [4.78, 5) is 19.9. The number of nitrogens with zero attached hydrogens (tertiary/aromatic N) is 1. The first-order valence-electron chi connectivity index (χ1n) is 2.28. The number of hydrogen-bond acceptors (Lipinski definition) is 4. The van der Waals surface area contributed by atoms with Gasteiger partial charge in [0.25, 0.3) is 5.78 Å². The fraction of sp³-hybridized carbons (Fsp3) is 0.250. The van der Waals surface area contributed by atoms with E-state index in [1.54, 1.807) is 0 Å². The predicted molar refractivity (Wildman–Crippen MR) is 27.9 cm³/mol. The molecular formula is C4H3F2NO4. The molecule has 0 saturated carbocycles. The number of Topliss-reactive ketones (excluding diaryl/α,β-unsaturated/α-hetero) is 1. The molecule has 0 aromatic heterocycles. The van der Waals surface area contributed by atoms with E-state index in [2.05, 4.69) is 0 Å². The van der Waals surface area contributed by atoms with Gasteiger partial charge in [-0.3, -0.25) is 4.79 Å². The molecule has 0 unspecified atom stereocenters. The van der Waals surface area contributed by atoms with Crippen molar-refractivity contribution in [1.82, 2.24) is 0 Å². The molecular weight excluding hydrogens is 164 g/mol. The first-order valence-corrected chi connectivity index (χ1v) is 2.28. The average Bonchev–Trinajstić information content (AvgIpc) is 1.88. The number of carboxylic acid groups (broad SMARTS) is 1. The van der Waals surface area contributed by atoms with Crippen LogP contribution in [0.4, 0.5) is 8.78 Å². The molecule has 0 radical (unpaired) electrons. The lowest BCUT2D eigenvalue weighted by molar-refractivity contribution is -0.132. The van der Waals surface area contributed by atoms with Gasteiger partial charge >= 0.3 is 12.4 Å². The van der Waals surface area contributed by atoms with Crippen molar-refractivity contribution in [3.05, 3.63) is 0 Å². The van der Waals surface area contributed by atoms with E-state index < -0.39 is 23.9 Å². The zero-order valence-corrected chi connectivity index (χ0v) is 4.99. The zero-order valence-electron chi connectivity index (χ0n) is 4.99. The van der Waals surface area contributed by atoms with Crippen LogP contribution in [-0.2, 0) is 9.59 Å². The van der Waals surface area contributed by atoms with Gasteiger partial charge in [-0.05, 0) is 0 Å². The standard InChI is InChI=1S/C4H3F2NO4/c5-3(6)2(8)1(7-11)4(9)10/h3,11H,(H,9,10). The van der Waals surface area contributed by atoms with Crippen LogP contribution in [0.25, 0.3) is 0 Å². The molecule has 0 bridgehead atoms. The van der Waals surface area contributed by atoms with Crippen molar-refractivity contribution < 1.29 is 28.7 Å². The minimum Gasteiger partial charge on any atom is -0.476 e. The number of carbonyl (C=O) groups is 2. The number of alkyl halides is 2. The highest BCUT2D eigenvalue weighted by atomic mass is 19.3. The van der Waals surface area contributed by atoms with Gasteiger partial charge in [0.05, 0.1) is 0 Å². The molecule has 2 N–H and O–H groups in total. The van der Waals surface area contributed by atoms with Crippen LogP contribution in [0.5, 0.6) is 0 Å². The molecule has 0 saturated heterocycles. The maximum atomic E-state index is 11.4. The number of aliphatic carboxylic acids is 1. The third-order valence-corrected chi connectivity index (χ3v) is 0.734. The van der Waals surface area contributed by atoms with Crippen molar-refractivity contribution in [2.45, 2.75) is 6.43 Å². The van der Waals surface area contributed by atoms with Crippen LogP contribution in [-0.4, -0.2) is 34.2 Å². The largest absolute Gasteiger partial charge is 0.476 e. The van der Waals surface area contributed by atoms with E-state index in [1.807, 2.05) is 5.16 Å². The SMILES string of the molecule is O=C(O)C(=NO)C(=O)C(F)F. The Morgan fingerprint density at radius 3 is 1.91 bits per heavy atom. The summed E-state index contributed by atoms with van der Waals surface area (Å²) in [6, 6.07) is 0. The van der Waals surface area contributed by atoms with Gasteiger partial charge in [0, 0.05) is 0 Å². The summed E-state index contributed by atoms with van der Waals surface area (Å²) < 4.78 is 22.8. The van der Waals surface area contributed by atoms with E-state index in [-0.39, 0.29) is 0 Å². The molecule has 0 rings (SSSR count). The van der Waals surface area contributed by atoms with Crippen molar-refractivity contribution in [3.8, 4) is 0 Å². The Balaban J connectivity index is 4.55. The molecule has 0 aromatic rings. The quantitative estimate of drug-likeness (QED) is 0.262. The lowest BCUT2D eigenvalue weighted by Crippen LogP contribution is -2.29. The zero-order chi connectivity index (χ0) is 9.02. The van der Waals surface area contributed by atoms with Crippen molar-refractivity contribution in [2.75, 3.05) is 0 Å². The highest BCUT2D eigenvalue weighted by molar-refractivity contribution is 6.64. The Morgan fingerprint density at radius 1 is 1.36 bits per heavy atom. The Bertz CT molecular complexity index is 212. The maximum Gasteiger partial charge on any atom is 0.361 e. The molecule has 0 aliphatic heterocycles. The molecule has 0 spiro atoms. The second-order valence-electron chi connectivity index (χ2n) is 1.42. The number of carboxylic acids is 1. The second-order valence-corrected chi connectivity index (χ2v) is 1.42. The van der Waals surface area contributed by atoms with E-state index in [0.29, 0.717) is 0 Å². The van der Waals surface area contributed by atoms with Crippen molar-refractivity contribution in [3.63, 3.8) is 0 Å². The van der Waals surface area contributed by atoms with Crippen LogP contribution in [0, 0.1) is 0 Å². The summed E-state index contributed by atoms with van der Waals surface area (Å²) in [6.45, 7) is 0. The van der Waals surface area contributed by atoms with Crippen LogP contribution in [0.2, 0.25) is 0 Å². The summed E-state index contributed by atoms with van der Waals surface area (Å²) >= 11 is 0. The predicted octanol–water partition coefficient (Wildman–Crippen LogP) is -0.265. The number of ketones is 1. The fourth-order valence-corrected chi connectivity index (χ4v) is 0.301. The third kappa shape index (κ3) is 2.28. The van der Waals surface area contributed by atoms with Gasteiger partial charge in [-0.15, -0.1) is 0 Å². The van der Waals surface area contributed by atoms with Crippen molar-refractivity contribution >= 4 is 17.5 Å². The Morgan fingerprint density at radius 2 is 1.82 bits per heavy atom. The van der Waals surface area contributed by atoms with Gasteiger partial charge in [0.1, 0.15) is 0 Å². The topological polar surface area (TPSA) is 87.0 Å². The number of oxime groups is 1. The molecule has 0 heterocycles. The molecule has 0 fully saturated rings. The molecule has 0 atom stereocenters. The summed E-state index contributed by atoms with van der Waals surface area (Å²) in [5.74, 6) is -4.00. The maximum absolute atomic E-state index is 11.4. The van der Waals surface area contributed by atoms with Gasteiger partial charge in [-0.1, -0.05) is 5.16 Å². The highest BCUT2D eigenvalue weighted by Crippen LogP contribution is 1.96. The van der Waals surface area contributed by atoms with Crippen molar-refractivity contribution in [1.29, 1.82) is 0 Å². The van der Waals surface area contributed by atoms with E-state index in [4.69, 9.17) is 10.3 Å². The lowest BCUT2D eigenvalue weighted by atomic mass is 10.2. The van der Waals surface area contributed by atoms with Crippen LogP contribution in [0.1, 0.15) is 0 Å². The first kappa shape index (κ1) is 9.47. The van der Waals surface area contributed by atoms with Crippen LogP contribution in [0.15, 0.2) is 5.16 Å². The minimum atomic E-state index is -3.48. The third-order valence-electron chi connectivity index (χ3n) is 0.734. The summed E-state index contributed by atoms with van der Waals surface area (Å²) in [5.41, 5.74) is -1.57. The monoisotopic (exact) mass is 167 g/mol. The molecule has 0 amide bonds. The summed E-state index contributed by atoms with van der Waals surface area (Å²) in [6.07, 6.45) is -3.48. The van der Waals surface area contributed by atoms with Gasteiger partial charge in [-0.2, -0.15) is 0 Å². The smallest absolute Gasteiger partial charge is 0.361 e. The van der Waals surface area contributed by atoms with E-state index in [0.717, 1.165) is 0 Å². The number of rotatable bonds is 3. The number of carbonyl (C=O) groups excluding carboxylic acids is 1.